The Morgan fingerprint density at radius 1 is 0.722 bits per heavy atom. The van der Waals surface area contributed by atoms with Crippen LogP contribution in [0.2, 0.25) is 0 Å². The molecule has 284 valence electrons. The maximum atomic E-state index is 11.8. The quantitative estimate of drug-likeness (QED) is 0.109. The average molecular weight is 838 g/mol. The highest BCUT2D eigenvalue weighted by molar-refractivity contribution is 9.10. The topological polar surface area (TPSA) is 169 Å². The van der Waals surface area contributed by atoms with Crippen LogP contribution in [0, 0.1) is 0 Å². The van der Waals surface area contributed by atoms with Gasteiger partial charge in [-0.15, -0.1) is 22.7 Å². The Morgan fingerprint density at radius 3 is 1.74 bits per heavy atom. The van der Waals surface area contributed by atoms with E-state index in [-0.39, 0.29) is 0 Å². The van der Waals surface area contributed by atoms with Gasteiger partial charge in [0.05, 0.1) is 38.1 Å². The van der Waals surface area contributed by atoms with Crippen LogP contribution in [-0.2, 0) is 22.6 Å². The third-order valence-electron chi connectivity index (χ3n) is 6.73. The Kier molecular flexibility index (Phi) is 15.2. The van der Waals surface area contributed by atoms with E-state index in [4.69, 9.17) is 28.4 Å². The molecule has 12 nitrogen and oxygen atoms in total. The second-order valence-electron chi connectivity index (χ2n) is 13.5. The van der Waals surface area contributed by atoms with E-state index < -0.39 is 30.5 Å². The van der Waals surface area contributed by atoms with Gasteiger partial charge in [-0.3, -0.25) is 9.97 Å². The number of thiophene rings is 2. The van der Waals surface area contributed by atoms with E-state index in [9.17, 15) is 9.59 Å². The van der Waals surface area contributed by atoms with Gasteiger partial charge >= 0.3 is 19.3 Å². The van der Waals surface area contributed by atoms with Crippen LogP contribution < -0.4 is 15.4 Å². The molecule has 6 heterocycles. The number of pyridine rings is 2. The number of hydrogen-bond acceptors (Lipinski definition) is 12. The highest BCUT2D eigenvalue weighted by atomic mass is 79.9. The molecule has 6 aromatic rings. The molecule has 0 aliphatic rings. The second kappa shape index (κ2) is 19.5. The third-order valence-corrected chi connectivity index (χ3v) is 9.61. The molecule has 4 N–H and O–H groups in total. The normalized spacial score (nSPS) is 11.0. The minimum absolute atomic E-state index is 0.312. The molecule has 0 atom stereocenters. The molecule has 6 aromatic heterocycles. The largest absolute Gasteiger partial charge is 0.499 e. The molecule has 0 saturated heterocycles. The molecule has 2 amide bonds. The number of ether oxygens (including phenoxy) is 2. The van der Waals surface area contributed by atoms with E-state index in [1.807, 2.05) is 63.4 Å². The van der Waals surface area contributed by atoms with Gasteiger partial charge in [-0.2, -0.15) is 0 Å². The SMILES string of the molecule is Brc1cnccc1-c1ccoc1.CC(C)(C)OC(=O)NCc1ccc(-c2cnccc2-c2ccoc2)s1.CC(C)(C)OC(=O)NCc1ccc(B(O)O)s1. The van der Waals surface area contributed by atoms with E-state index >= 15 is 0 Å². The van der Waals surface area contributed by atoms with Crippen molar-refractivity contribution in [1.82, 2.24) is 20.6 Å². The van der Waals surface area contributed by atoms with Crippen LogP contribution in [0.4, 0.5) is 9.59 Å². The summed E-state index contributed by atoms with van der Waals surface area (Å²) in [6.07, 6.45) is 13.0. The summed E-state index contributed by atoms with van der Waals surface area (Å²) in [7, 11) is -1.46. The second-order valence-corrected chi connectivity index (χ2v) is 16.7. The Morgan fingerprint density at radius 2 is 1.24 bits per heavy atom. The minimum atomic E-state index is -1.46. The Hall–Kier alpha value is -4.74. The van der Waals surface area contributed by atoms with Gasteiger partial charge in [0.2, 0.25) is 0 Å². The maximum absolute atomic E-state index is 11.8. The fraction of sp³-hybridized carbons (Fsp3) is 0.263. The molecule has 54 heavy (non-hydrogen) atoms. The highest BCUT2D eigenvalue weighted by Gasteiger charge is 2.18. The van der Waals surface area contributed by atoms with Gasteiger partial charge in [0.1, 0.15) is 11.2 Å². The predicted molar refractivity (Wildman–Crippen MR) is 215 cm³/mol. The van der Waals surface area contributed by atoms with E-state index in [1.54, 1.807) is 87.9 Å². The number of alkyl carbamates (subject to hydrolysis) is 2. The Labute approximate surface area is 330 Å². The fourth-order valence-electron chi connectivity index (χ4n) is 4.48. The summed E-state index contributed by atoms with van der Waals surface area (Å²) in [5.41, 5.74) is 4.25. The lowest BCUT2D eigenvalue weighted by Crippen LogP contribution is -2.32. The van der Waals surface area contributed by atoms with E-state index in [1.165, 1.54) is 11.3 Å². The summed E-state index contributed by atoms with van der Waals surface area (Å²) < 4.78 is 21.9. The first-order chi connectivity index (χ1) is 25.6. The van der Waals surface area contributed by atoms with Crippen LogP contribution in [0.1, 0.15) is 51.3 Å². The van der Waals surface area contributed by atoms with E-state index in [2.05, 4.69) is 36.5 Å². The van der Waals surface area contributed by atoms with Crippen molar-refractivity contribution in [2.75, 3.05) is 0 Å². The number of carbonyl (C=O) groups is 2. The van der Waals surface area contributed by atoms with Crippen LogP contribution in [0.15, 0.2) is 112 Å². The molecule has 0 bridgehead atoms. The molecule has 0 unspecified atom stereocenters. The summed E-state index contributed by atoms with van der Waals surface area (Å²) in [6.45, 7) is 11.6. The summed E-state index contributed by atoms with van der Waals surface area (Å²) in [4.78, 5) is 34.3. The van der Waals surface area contributed by atoms with Gasteiger partial charge in [-0.25, -0.2) is 9.59 Å². The molecular weight excluding hydrogens is 795 g/mol. The number of amides is 2. The van der Waals surface area contributed by atoms with Crippen LogP contribution in [0.5, 0.6) is 0 Å². The van der Waals surface area contributed by atoms with Gasteiger partial charge in [-0.1, -0.05) is 6.07 Å². The Balaban J connectivity index is 0.000000194. The zero-order chi connectivity index (χ0) is 39.3. The lowest BCUT2D eigenvalue weighted by molar-refractivity contribution is 0.0512. The number of furan rings is 2. The number of halogens is 1. The lowest BCUT2D eigenvalue weighted by Gasteiger charge is -2.19. The summed E-state index contributed by atoms with van der Waals surface area (Å²) in [6, 6.07) is 15.1. The molecule has 0 spiro atoms. The summed E-state index contributed by atoms with van der Waals surface area (Å²) >= 11 is 6.26. The molecule has 16 heteroatoms. The van der Waals surface area contributed by atoms with E-state index in [0.717, 1.165) is 46.9 Å². The zero-order valence-corrected chi connectivity index (χ0v) is 33.9. The maximum Gasteiger partial charge on any atom is 0.499 e. The van der Waals surface area contributed by atoms with Gasteiger partial charge in [0.25, 0.3) is 0 Å². The number of nitrogens with one attached hydrogen (secondary N) is 2. The average Bonchev–Trinajstić information content (AvgIpc) is 3.94. The van der Waals surface area contributed by atoms with E-state index in [0.29, 0.717) is 17.9 Å². The van der Waals surface area contributed by atoms with Crippen LogP contribution in [0.3, 0.4) is 0 Å². The number of aromatic nitrogens is 2. The van der Waals surface area contributed by atoms with Crippen molar-refractivity contribution in [3.05, 3.63) is 113 Å². The first kappa shape index (κ1) is 42.0. The lowest BCUT2D eigenvalue weighted by atomic mass is 9.90. The number of carbonyl (C=O) groups excluding carboxylic acids is 2. The molecule has 0 aromatic carbocycles. The van der Waals surface area contributed by atoms with Gasteiger partial charge in [0, 0.05) is 70.9 Å². The van der Waals surface area contributed by atoms with Gasteiger partial charge < -0.3 is 39.0 Å². The van der Waals surface area contributed by atoms with Crippen molar-refractivity contribution in [2.45, 2.75) is 65.8 Å². The van der Waals surface area contributed by atoms with Crippen molar-refractivity contribution in [1.29, 1.82) is 0 Å². The van der Waals surface area contributed by atoms with Gasteiger partial charge in [-0.05, 0) is 106 Å². The first-order valence-electron chi connectivity index (χ1n) is 16.6. The van der Waals surface area contributed by atoms with Crippen molar-refractivity contribution < 1.29 is 37.9 Å². The third kappa shape index (κ3) is 13.9. The summed E-state index contributed by atoms with van der Waals surface area (Å²) in [5, 5.41) is 23.2. The molecule has 6 rings (SSSR count). The molecule has 0 saturated carbocycles. The molecular formula is C38H42BBrN4O8S2. The fourth-order valence-corrected chi connectivity index (χ4v) is 6.76. The smallest absolute Gasteiger partial charge is 0.472 e. The Bertz CT molecular complexity index is 2050. The van der Waals surface area contributed by atoms with Crippen LogP contribution in [0.25, 0.3) is 32.7 Å². The number of nitrogens with zero attached hydrogens (tertiary/aromatic N) is 2. The summed E-state index contributed by atoms with van der Waals surface area (Å²) in [5.74, 6) is 0. The van der Waals surface area contributed by atoms with Crippen molar-refractivity contribution in [3.63, 3.8) is 0 Å². The predicted octanol–water partition coefficient (Wildman–Crippen LogP) is 8.65. The number of hydrogen-bond donors (Lipinski definition) is 4. The monoisotopic (exact) mass is 836 g/mol. The molecule has 0 fully saturated rings. The van der Waals surface area contributed by atoms with Crippen molar-refractivity contribution >= 4 is 62.7 Å². The molecule has 0 aliphatic carbocycles. The van der Waals surface area contributed by atoms with Crippen LogP contribution >= 0.6 is 38.6 Å². The molecule has 0 radical (unpaired) electrons. The van der Waals surface area contributed by atoms with Crippen LogP contribution in [-0.4, -0.2) is 50.5 Å². The standard InChI is InChI=1S/C19H20N2O3S.C10H16BNO4S.C9H6BrNO/c1-19(2,3)24-18(22)21-10-14-4-5-17(25-14)16-11-20-8-6-15(16)13-7-9-23-12-13;1-10(2,3)16-9(13)12-6-7-4-5-8(17-7)11(14)15;10-9-5-11-3-1-8(9)7-2-4-12-6-7/h4-9,11-12H,10H2,1-3H3,(H,21,22);4-5,14-15H,6H2,1-3H3,(H,12,13);1-6H. The first-order valence-corrected chi connectivity index (χ1v) is 19.1. The zero-order valence-electron chi connectivity index (χ0n) is 30.7. The minimum Gasteiger partial charge on any atom is -0.472 e. The van der Waals surface area contributed by atoms with Crippen molar-refractivity contribution in [3.8, 4) is 32.7 Å². The number of rotatable bonds is 8. The highest BCUT2D eigenvalue weighted by Crippen LogP contribution is 2.35. The van der Waals surface area contributed by atoms with Gasteiger partial charge in [0.15, 0.2) is 0 Å². The van der Waals surface area contributed by atoms with Crippen molar-refractivity contribution in [2.24, 2.45) is 0 Å². The molecule has 0 aliphatic heterocycles.